The molecule has 0 spiro atoms. The van der Waals surface area contributed by atoms with Gasteiger partial charge in [0.05, 0.1) is 0 Å². The highest BCUT2D eigenvalue weighted by Crippen LogP contribution is 2.28. The number of pyridine rings is 1. The Morgan fingerprint density at radius 1 is 1.18 bits per heavy atom. The number of para-hydroxylation sites is 1. The predicted octanol–water partition coefficient (Wildman–Crippen LogP) is 3.94. The molecule has 0 atom stereocenters. The van der Waals surface area contributed by atoms with E-state index in [0.717, 1.165) is 16.5 Å². The molecule has 0 N–H and O–H groups in total. The summed E-state index contributed by atoms with van der Waals surface area (Å²) >= 11 is 0. The summed E-state index contributed by atoms with van der Waals surface area (Å²) in [5, 5.41) is 1.01. The van der Waals surface area contributed by atoms with E-state index in [1.54, 1.807) is 0 Å². The Balaban J connectivity index is 2.22. The minimum atomic E-state index is -0.313. The molecule has 0 amide bonds. The smallest absolute Gasteiger partial charge is 0.153 e. The zero-order valence-corrected chi connectivity index (χ0v) is 9.27. The molecule has 3 rings (SSSR count). The largest absolute Gasteiger partial charge is 0.454 e. The Kier molecular flexibility index (Phi) is 2.18. The summed E-state index contributed by atoms with van der Waals surface area (Å²) < 4.78 is 18.8. The van der Waals surface area contributed by atoms with Crippen LogP contribution in [-0.2, 0) is 0 Å². The Morgan fingerprint density at radius 2 is 2.06 bits per heavy atom. The van der Waals surface area contributed by atoms with Crippen LogP contribution in [0.4, 0.5) is 4.39 Å². The number of fused-ring (bicyclic) bond motifs is 1. The van der Waals surface area contributed by atoms with Gasteiger partial charge in [0.2, 0.25) is 0 Å². The molecule has 0 radical (unpaired) electrons. The molecule has 0 aliphatic heterocycles. The van der Waals surface area contributed by atoms with Crippen molar-refractivity contribution in [1.82, 2.24) is 4.98 Å². The topological polar surface area (TPSA) is 26.0 Å². The van der Waals surface area contributed by atoms with Gasteiger partial charge in [0.1, 0.15) is 17.1 Å². The molecule has 0 aliphatic rings. The van der Waals surface area contributed by atoms with Crippen molar-refractivity contribution in [2.75, 3.05) is 0 Å². The number of benzene rings is 1. The monoisotopic (exact) mass is 227 g/mol. The highest BCUT2D eigenvalue weighted by Gasteiger charge is 2.09. The minimum absolute atomic E-state index is 0.313. The van der Waals surface area contributed by atoms with E-state index in [-0.39, 0.29) is 5.82 Å². The first kappa shape index (κ1) is 10.0. The molecule has 2 aromatic heterocycles. The van der Waals surface area contributed by atoms with Gasteiger partial charge in [-0.2, -0.15) is 0 Å². The summed E-state index contributed by atoms with van der Waals surface area (Å²) in [7, 11) is 0. The number of hydrogen-bond donors (Lipinski definition) is 0. The summed E-state index contributed by atoms with van der Waals surface area (Å²) in [4.78, 5) is 4.10. The quantitative estimate of drug-likeness (QED) is 0.629. The summed E-state index contributed by atoms with van der Waals surface area (Å²) in [6.07, 6.45) is 1.44. The Hall–Kier alpha value is -2.16. The molecule has 2 heterocycles. The first-order valence-corrected chi connectivity index (χ1v) is 5.35. The fourth-order valence-corrected chi connectivity index (χ4v) is 1.87. The van der Waals surface area contributed by atoms with Crippen molar-refractivity contribution in [1.29, 1.82) is 0 Å². The average molecular weight is 227 g/mol. The van der Waals surface area contributed by atoms with Crippen LogP contribution in [0.5, 0.6) is 0 Å². The minimum Gasteiger partial charge on any atom is -0.454 e. The number of nitrogens with zero attached hydrogens (tertiary/aromatic N) is 1. The fraction of sp³-hybridized carbons (Fsp3) is 0.0714. The van der Waals surface area contributed by atoms with E-state index in [9.17, 15) is 4.39 Å². The lowest BCUT2D eigenvalue weighted by Gasteiger charge is -1.95. The van der Waals surface area contributed by atoms with Gasteiger partial charge >= 0.3 is 0 Å². The molecular weight excluding hydrogens is 217 g/mol. The van der Waals surface area contributed by atoms with Crippen molar-refractivity contribution >= 4 is 11.0 Å². The maximum Gasteiger partial charge on any atom is 0.153 e. The molecule has 84 valence electrons. The van der Waals surface area contributed by atoms with E-state index in [4.69, 9.17) is 4.42 Å². The normalized spacial score (nSPS) is 10.9. The van der Waals surface area contributed by atoms with Crippen LogP contribution in [0.1, 0.15) is 5.56 Å². The van der Waals surface area contributed by atoms with Crippen LogP contribution in [0.2, 0.25) is 0 Å². The van der Waals surface area contributed by atoms with E-state index in [1.807, 2.05) is 31.2 Å². The van der Waals surface area contributed by atoms with Gasteiger partial charge in [-0.15, -0.1) is 0 Å². The van der Waals surface area contributed by atoms with Gasteiger partial charge < -0.3 is 4.42 Å². The number of furan rings is 1. The van der Waals surface area contributed by atoms with Crippen molar-refractivity contribution in [3.05, 3.63) is 54.0 Å². The average Bonchev–Trinajstić information content (AvgIpc) is 2.74. The number of rotatable bonds is 1. The first-order valence-electron chi connectivity index (χ1n) is 5.35. The van der Waals surface area contributed by atoms with Gasteiger partial charge in [-0.25, -0.2) is 4.39 Å². The second kappa shape index (κ2) is 3.70. The summed E-state index contributed by atoms with van der Waals surface area (Å²) in [6.45, 7) is 1.98. The molecule has 0 unspecified atom stereocenters. The lowest BCUT2D eigenvalue weighted by atomic mass is 10.2. The lowest BCUT2D eigenvalue weighted by Crippen LogP contribution is -1.81. The molecule has 0 saturated heterocycles. The first-order chi connectivity index (χ1) is 8.24. The van der Waals surface area contributed by atoms with E-state index in [1.165, 1.54) is 18.3 Å². The SMILES string of the molecule is Cc1cccc2cc(-c3cc(F)ccn3)oc12. The molecule has 3 heteroatoms. The molecular formula is C14H10FNO. The third-order valence-corrected chi connectivity index (χ3v) is 2.72. The van der Waals surface area contributed by atoms with Crippen molar-refractivity contribution in [2.24, 2.45) is 0 Å². The molecule has 17 heavy (non-hydrogen) atoms. The van der Waals surface area contributed by atoms with Crippen LogP contribution in [0.3, 0.4) is 0 Å². The number of aromatic nitrogens is 1. The second-order valence-electron chi connectivity index (χ2n) is 3.96. The highest BCUT2D eigenvalue weighted by atomic mass is 19.1. The standard InChI is InChI=1S/C14H10FNO/c1-9-3-2-4-10-7-13(17-14(9)10)12-8-11(15)5-6-16-12/h2-8H,1H3. The van der Waals surface area contributed by atoms with E-state index in [2.05, 4.69) is 4.98 Å². The summed E-state index contributed by atoms with van der Waals surface area (Å²) in [5.41, 5.74) is 2.40. The highest BCUT2D eigenvalue weighted by molar-refractivity contribution is 5.84. The predicted molar refractivity (Wildman–Crippen MR) is 64.1 cm³/mol. The van der Waals surface area contributed by atoms with Crippen LogP contribution in [-0.4, -0.2) is 4.98 Å². The van der Waals surface area contributed by atoms with Crippen molar-refractivity contribution in [2.45, 2.75) is 6.92 Å². The van der Waals surface area contributed by atoms with Crippen molar-refractivity contribution in [3.8, 4) is 11.5 Å². The molecule has 0 fully saturated rings. The van der Waals surface area contributed by atoms with E-state index >= 15 is 0 Å². The van der Waals surface area contributed by atoms with Crippen molar-refractivity contribution in [3.63, 3.8) is 0 Å². The van der Waals surface area contributed by atoms with Crippen LogP contribution >= 0.6 is 0 Å². The zero-order chi connectivity index (χ0) is 11.8. The van der Waals surface area contributed by atoms with Gasteiger partial charge in [-0.05, 0) is 24.6 Å². The maximum atomic E-state index is 13.1. The van der Waals surface area contributed by atoms with E-state index < -0.39 is 0 Å². The molecule has 0 bridgehead atoms. The van der Waals surface area contributed by atoms with Gasteiger partial charge in [-0.1, -0.05) is 18.2 Å². The third kappa shape index (κ3) is 1.69. The van der Waals surface area contributed by atoms with Crippen LogP contribution in [0.15, 0.2) is 47.0 Å². The Morgan fingerprint density at radius 3 is 2.82 bits per heavy atom. The zero-order valence-electron chi connectivity index (χ0n) is 9.27. The number of halogens is 1. The van der Waals surface area contributed by atoms with Gasteiger partial charge in [-0.3, -0.25) is 4.98 Å². The summed E-state index contributed by atoms with van der Waals surface area (Å²) in [6, 6.07) is 10.5. The van der Waals surface area contributed by atoms with Gasteiger partial charge in [0, 0.05) is 17.6 Å². The molecule has 0 aliphatic carbocycles. The van der Waals surface area contributed by atoms with Crippen molar-refractivity contribution < 1.29 is 8.81 Å². The Labute approximate surface area is 97.7 Å². The molecule has 0 saturated carbocycles. The molecule has 3 aromatic rings. The Bertz CT molecular complexity index is 688. The van der Waals surface area contributed by atoms with Crippen LogP contribution in [0, 0.1) is 12.7 Å². The van der Waals surface area contributed by atoms with Gasteiger partial charge in [0.25, 0.3) is 0 Å². The maximum absolute atomic E-state index is 13.1. The van der Waals surface area contributed by atoms with Crippen LogP contribution in [0.25, 0.3) is 22.4 Å². The molecule has 2 nitrogen and oxygen atoms in total. The second-order valence-corrected chi connectivity index (χ2v) is 3.96. The fourth-order valence-electron chi connectivity index (χ4n) is 1.87. The van der Waals surface area contributed by atoms with Crippen LogP contribution < -0.4 is 0 Å². The molecule has 1 aromatic carbocycles. The summed E-state index contributed by atoms with van der Waals surface area (Å²) in [5.74, 6) is 0.279. The number of hydrogen-bond acceptors (Lipinski definition) is 2. The number of aryl methyl sites for hydroxylation is 1. The third-order valence-electron chi connectivity index (χ3n) is 2.72. The lowest BCUT2D eigenvalue weighted by molar-refractivity contribution is 0.612. The van der Waals surface area contributed by atoms with E-state index in [0.29, 0.717) is 11.5 Å². The van der Waals surface area contributed by atoms with Gasteiger partial charge in [0.15, 0.2) is 5.76 Å².